The van der Waals surface area contributed by atoms with Crippen molar-refractivity contribution in [1.82, 2.24) is 10.3 Å². The lowest BCUT2D eigenvalue weighted by Gasteiger charge is -2.12. The fraction of sp³-hybridized carbons (Fsp3) is 0.375. The van der Waals surface area contributed by atoms with Gasteiger partial charge < -0.3 is 5.32 Å². The van der Waals surface area contributed by atoms with E-state index in [9.17, 15) is 4.79 Å². The van der Waals surface area contributed by atoms with Crippen LogP contribution in [0.25, 0.3) is 10.9 Å². The molecular formula is C16H17ClN2O. The van der Waals surface area contributed by atoms with Crippen LogP contribution in [0.2, 0.25) is 5.02 Å². The first kappa shape index (κ1) is 13.4. The molecule has 1 amide bonds. The maximum absolute atomic E-state index is 12.3. The number of hydrogen-bond acceptors (Lipinski definition) is 2. The smallest absolute Gasteiger partial charge is 0.270 e. The van der Waals surface area contributed by atoms with Gasteiger partial charge in [-0.3, -0.25) is 4.79 Å². The van der Waals surface area contributed by atoms with Crippen LogP contribution in [0, 0.1) is 5.92 Å². The van der Waals surface area contributed by atoms with Crippen LogP contribution in [-0.2, 0) is 0 Å². The molecule has 0 saturated heterocycles. The molecule has 0 bridgehead atoms. The summed E-state index contributed by atoms with van der Waals surface area (Å²) in [5.41, 5.74) is 1.15. The Kier molecular flexibility index (Phi) is 3.62. The average Bonchev–Trinajstić information content (AvgIpc) is 2.84. The van der Waals surface area contributed by atoms with E-state index in [1.165, 1.54) is 6.42 Å². The maximum atomic E-state index is 12.3. The Morgan fingerprint density at radius 3 is 2.90 bits per heavy atom. The Morgan fingerprint density at radius 1 is 1.35 bits per heavy atom. The number of amides is 1. The second kappa shape index (κ2) is 5.41. The van der Waals surface area contributed by atoms with Crippen molar-refractivity contribution in [3.05, 3.63) is 41.0 Å². The number of pyridine rings is 1. The minimum absolute atomic E-state index is 0.128. The number of nitrogens with one attached hydrogen (secondary N) is 1. The molecule has 2 aromatic rings. The predicted octanol–water partition coefficient (Wildman–Crippen LogP) is 3.81. The van der Waals surface area contributed by atoms with Crippen LogP contribution in [0.1, 0.15) is 36.7 Å². The first-order valence-electron chi connectivity index (χ1n) is 6.99. The fourth-order valence-electron chi connectivity index (χ4n) is 2.85. The number of aromatic nitrogens is 1. The van der Waals surface area contributed by atoms with Crippen molar-refractivity contribution in [2.75, 3.05) is 0 Å². The molecule has 1 aromatic carbocycles. The number of benzene rings is 1. The molecule has 3 nitrogen and oxygen atoms in total. The zero-order chi connectivity index (χ0) is 14.1. The molecule has 1 heterocycles. The van der Waals surface area contributed by atoms with Crippen LogP contribution in [0.3, 0.4) is 0 Å². The summed E-state index contributed by atoms with van der Waals surface area (Å²) in [6, 6.07) is 9.50. The van der Waals surface area contributed by atoms with Crippen molar-refractivity contribution in [1.29, 1.82) is 0 Å². The molecule has 3 rings (SSSR count). The van der Waals surface area contributed by atoms with Crippen LogP contribution in [0.15, 0.2) is 30.3 Å². The van der Waals surface area contributed by atoms with Crippen molar-refractivity contribution in [3.63, 3.8) is 0 Å². The van der Waals surface area contributed by atoms with Crippen molar-refractivity contribution in [2.24, 2.45) is 5.92 Å². The van der Waals surface area contributed by atoms with E-state index in [-0.39, 0.29) is 11.9 Å². The van der Waals surface area contributed by atoms with Crippen molar-refractivity contribution in [3.8, 4) is 0 Å². The van der Waals surface area contributed by atoms with E-state index >= 15 is 0 Å². The monoisotopic (exact) mass is 288 g/mol. The Balaban J connectivity index is 1.84. The van der Waals surface area contributed by atoms with E-state index in [1.54, 1.807) is 6.07 Å². The van der Waals surface area contributed by atoms with E-state index in [4.69, 9.17) is 11.6 Å². The topological polar surface area (TPSA) is 42.0 Å². The normalized spacial score (nSPS) is 22.1. The van der Waals surface area contributed by atoms with Crippen LogP contribution in [0.5, 0.6) is 0 Å². The van der Waals surface area contributed by atoms with Gasteiger partial charge in [0, 0.05) is 11.4 Å². The summed E-state index contributed by atoms with van der Waals surface area (Å²) >= 11 is 6.23. The molecule has 4 heteroatoms. The van der Waals surface area contributed by atoms with Crippen LogP contribution >= 0.6 is 11.6 Å². The Labute approximate surface area is 123 Å². The summed E-state index contributed by atoms with van der Waals surface area (Å²) in [6.45, 7) is 2.22. The summed E-state index contributed by atoms with van der Waals surface area (Å²) < 4.78 is 0. The first-order chi connectivity index (χ1) is 9.63. The average molecular weight is 289 g/mol. The third-order valence-corrected chi connectivity index (χ3v) is 4.24. The number of fused-ring (bicyclic) bond motifs is 1. The second-order valence-corrected chi connectivity index (χ2v) is 6.00. The number of carbonyl (C=O) groups excluding carboxylic acids is 1. The van der Waals surface area contributed by atoms with Gasteiger partial charge in [0.1, 0.15) is 5.69 Å². The summed E-state index contributed by atoms with van der Waals surface area (Å²) in [5.74, 6) is 0.560. The van der Waals surface area contributed by atoms with Crippen molar-refractivity contribution < 1.29 is 4.79 Å². The highest BCUT2D eigenvalue weighted by molar-refractivity contribution is 6.35. The zero-order valence-electron chi connectivity index (χ0n) is 11.4. The standard InChI is InChI=1S/C16H17ClN2O/c1-10-6-7-11(8-10)18-16(20)15-9-13(17)12-4-2-3-5-14(12)19-15/h2-5,9-11H,6-8H2,1H3,(H,18,20). The van der Waals surface area contributed by atoms with Gasteiger partial charge in [0.05, 0.1) is 10.5 Å². The van der Waals surface area contributed by atoms with Crippen LogP contribution < -0.4 is 5.32 Å². The molecule has 1 N–H and O–H groups in total. The number of hydrogen-bond donors (Lipinski definition) is 1. The molecule has 104 valence electrons. The quantitative estimate of drug-likeness (QED) is 0.913. The van der Waals surface area contributed by atoms with Gasteiger partial charge in [-0.2, -0.15) is 0 Å². The molecule has 1 saturated carbocycles. The summed E-state index contributed by atoms with van der Waals surface area (Å²) in [5, 5.41) is 4.50. The largest absolute Gasteiger partial charge is 0.348 e. The van der Waals surface area contributed by atoms with E-state index in [2.05, 4.69) is 17.2 Å². The van der Waals surface area contributed by atoms with Gasteiger partial charge in [-0.25, -0.2) is 4.98 Å². The summed E-state index contributed by atoms with van der Waals surface area (Å²) in [6.07, 6.45) is 3.28. The number of carbonyl (C=O) groups is 1. The lowest BCUT2D eigenvalue weighted by atomic mass is 10.1. The molecule has 20 heavy (non-hydrogen) atoms. The van der Waals surface area contributed by atoms with Gasteiger partial charge in [-0.05, 0) is 37.3 Å². The lowest BCUT2D eigenvalue weighted by molar-refractivity contribution is 0.0932. The molecule has 0 spiro atoms. The first-order valence-corrected chi connectivity index (χ1v) is 7.37. The van der Waals surface area contributed by atoms with E-state index in [0.717, 1.165) is 23.7 Å². The van der Waals surface area contributed by atoms with Gasteiger partial charge >= 0.3 is 0 Å². The van der Waals surface area contributed by atoms with Gasteiger partial charge in [0.15, 0.2) is 0 Å². The van der Waals surface area contributed by atoms with Crippen LogP contribution in [0.4, 0.5) is 0 Å². The Hall–Kier alpha value is -1.61. The number of halogens is 1. The molecule has 1 aliphatic rings. The molecule has 1 fully saturated rings. The van der Waals surface area contributed by atoms with Crippen molar-refractivity contribution >= 4 is 28.4 Å². The maximum Gasteiger partial charge on any atom is 0.270 e. The van der Waals surface area contributed by atoms with Crippen molar-refractivity contribution in [2.45, 2.75) is 32.2 Å². The molecule has 0 radical (unpaired) electrons. The highest BCUT2D eigenvalue weighted by Gasteiger charge is 2.23. The Morgan fingerprint density at radius 2 is 2.15 bits per heavy atom. The number of rotatable bonds is 2. The third-order valence-electron chi connectivity index (χ3n) is 3.93. The minimum atomic E-state index is -0.128. The van der Waals surface area contributed by atoms with Crippen LogP contribution in [-0.4, -0.2) is 16.9 Å². The zero-order valence-corrected chi connectivity index (χ0v) is 12.2. The highest BCUT2D eigenvalue weighted by atomic mass is 35.5. The van der Waals surface area contributed by atoms with Gasteiger partial charge in [-0.15, -0.1) is 0 Å². The minimum Gasteiger partial charge on any atom is -0.348 e. The van der Waals surface area contributed by atoms with Gasteiger partial charge in [-0.1, -0.05) is 36.7 Å². The lowest BCUT2D eigenvalue weighted by Crippen LogP contribution is -2.33. The predicted molar refractivity (Wildman–Crippen MR) is 81.0 cm³/mol. The molecule has 2 unspecified atom stereocenters. The molecule has 1 aromatic heterocycles. The SMILES string of the molecule is CC1CCC(NC(=O)c2cc(Cl)c3ccccc3n2)C1. The van der Waals surface area contributed by atoms with Gasteiger partial charge in [0.2, 0.25) is 0 Å². The third kappa shape index (κ3) is 2.63. The molecular weight excluding hydrogens is 272 g/mol. The van der Waals surface area contributed by atoms with E-state index < -0.39 is 0 Å². The molecule has 0 aliphatic heterocycles. The second-order valence-electron chi connectivity index (χ2n) is 5.60. The highest BCUT2D eigenvalue weighted by Crippen LogP contribution is 2.26. The van der Waals surface area contributed by atoms with Gasteiger partial charge in [0.25, 0.3) is 5.91 Å². The summed E-state index contributed by atoms with van der Waals surface area (Å²) in [4.78, 5) is 16.7. The number of para-hydroxylation sites is 1. The Bertz CT molecular complexity index is 656. The molecule has 1 aliphatic carbocycles. The number of nitrogens with zero attached hydrogens (tertiary/aromatic N) is 1. The summed E-state index contributed by atoms with van der Waals surface area (Å²) in [7, 11) is 0. The molecule has 2 atom stereocenters. The fourth-order valence-corrected chi connectivity index (χ4v) is 3.11. The van der Waals surface area contributed by atoms with E-state index in [1.807, 2.05) is 24.3 Å². The van der Waals surface area contributed by atoms with E-state index in [0.29, 0.717) is 16.6 Å².